The van der Waals surface area contributed by atoms with Crippen LogP contribution in [0.15, 0.2) is 42.5 Å². The van der Waals surface area contributed by atoms with Crippen molar-refractivity contribution in [2.75, 3.05) is 14.1 Å². The molecule has 0 spiro atoms. The topological polar surface area (TPSA) is 35.5 Å². The first-order valence-electron chi connectivity index (χ1n) is 6.96. The molecule has 0 aliphatic rings. The highest BCUT2D eigenvalue weighted by atomic mass is 19.1. The molecule has 0 aromatic heterocycles. The van der Waals surface area contributed by atoms with E-state index < -0.39 is 0 Å². The molecule has 0 atom stereocenters. The van der Waals surface area contributed by atoms with Crippen molar-refractivity contribution in [1.29, 1.82) is 0 Å². The third kappa shape index (κ3) is 4.55. The SMILES string of the molecule is CN(C)Cc1ccccc1CNCc1cc(F)ccc1O. The maximum atomic E-state index is 13.2. The van der Waals surface area contributed by atoms with E-state index in [1.165, 1.54) is 29.3 Å². The molecule has 0 bridgehead atoms. The van der Waals surface area contributed by atoms with E-state index in [4.69, 9.17) is 0 Å². The van der Waals surface area contributed by atoms with Gasteiger partial charge in [-0.1, -0.05) is 24.3 Å². The molecule has 2 aromatic rings. The minimum absolute atomic E-state index is 0.116. The highest BCUT2D eigenvalue weighted by Crippen LogP contribution is 2.18. The molecule has 2 rings (SSSR count). The molecule has 0 saturated heterocycles. The van der Waals surface area contributed by atoms with E-state index in [-0.39, 0.29) is 11.6 Å². The van der Waals surface area contributed by atoms with Crippen LogP contribution in [0.1, 0.15) is 16.7 Å². The third-order valence-corrected chi connectivity index (χ3v) is 3.28. The number of phenols is 1. The van der Waals surface area contributed by atoms with E-state index in [0.717, 1.165) is 6.54 Å². The minimum atomic E-state index is -0.336. The smallest absolute Gasteiger partial charge is 0.123 e. The zero-order valence-corrected chi connectivity index (χ0v) is 12.4. The molecular formula is C17H21FN2O. The second kappa shape index (κ2) is 7.20. The first-order chi connectivity index (χ1) is 10.1. The number of hydrogen-bond acceptors (Lipinski definition) is 3. The first kappa shape index (κ1) is 15.5. The highest BCUT2D eigenvalue weighted by Gasteiger charge is 2.05. The fourth-order valence-electron chi connectivity index (χ4n) is 2.25. The number of nitrogens with one attached hydrogen (secondary N) is 1. The lowest BCUT2D eigenvalue weighted by molar-refractivity contribution is 0.400. The molecule has 112 valence electrons. The van der Waals surface area contributed by atoms with E-state index >= 15 is 0 Å². The number of hydrogen-bond donors (Lipinski definition) is 2. The summed E-state index contributed by atoms with van der Waals surface area (Å²) in [7, 11) is 4.07. The Kier molecular flexibility index (Phi) is 5.31. The fourth-order valence-corrected chi connectivity index (χ4v) is 2.25. The summed E-state index contributed by atoms with van der Waals surface area (Å²) in [4.78, 5) is 2.12. The van der Waals surface area contributed by atoms with Gasteiger partial charge in [0.2, 0.25) is 0 Å². The van der Waals surface area contributed by atoms with Crippen LogP contribution in [0.3, 0.4) is 0 Å². The van der Waals surface area contributed by atoms with Crippen LogP contribution in [0.2, 0.25) is 0 Å². The summed E-state index contributed by atoms with van der Waals surface area (Å²) in [5.74, 6) is -0.219. The molecule has 0 fully saturated rings. The van der Waals surface area contributed by atoms with Gasteiger partial charge in [0.15, 0.2) is 0 Å². The van der Waals surface area contributed by atoms with Crippen molar-refractivity contribution in [3.63, 3.8) is 0 Å². The Balaban J connectivity index is 1.99. The van der Waals surface area contributed by atoms with Gasteiger partial charge in [-0.05, 0) is 43.4 Å². The summed E-state index contributed by atoms with van der Waals surface area (Å²) in [6.45, 7) is 1.99. The van der Waals surface area contributed by atoms with Gasteiger partial charge >= 0.3 is 0 Å². The van der Waals surface area contributed by atoms with Gasteiger partial charge in [-0.25, -0.2) is 4.39 Å². The summed E-state index contributed by atoms with van der Waals surface area (Å²) >= 11 is 0. The summed E-state index contributed by atoms with van der Waals surface area (Å²) < 4.78 is 13.2. The normalized spacial score (nSPS) is 11.0. The lowest BCUT2D eigenvalue weighted by Gasteiger charge is -2.15. The lowest BCUT2D eigenvalue weighted by Crippen LogP contribution is -2.17. The molecule has 0 aliphatic heterocycles. The number of nitrogens with zero attached hydrogens (tertiary/aromatic N) is 1. The highest BCUT2D eigenvalue weighted by molar-refractivity contribution is 5.32. The number of phenolic OH excluding ortho intramolecular Hbond substituents is 1. The van der Waals surface area contributed by atoms with Crippen molar-refractivity contribution in [1.82, 2.24) is 10.2 Å². The molecule has 0 radical (unpaired) electrons. The molecule has 0 aliphatic carbocycles. The van der Waals surface area contributed by atoms with Gasteiger partial charge in [0, 0.05) is 25.2 Å². The minimum Gasteiger partial charge on any atom is -0.508 e. The molecule has 2 aromatic carbocycles. The van der Waals surface area contributed by atoms with Crippen LogP contribution >= 0.6 is 0 Å². The molecular weight excluding hydrogens is 267 g/mol. The molecule has 21 heavy (non-hydrogen) atoms. The largest absolute Gasteiger partial charge is 0.508 e. The Morgan fingerprint density at radius 1 is 1.00 bits per heavy atom. The Bertz CT molecular complexity index is 599. The third-order valence-electron chi connectivity index (χ3n) is 3.28. The van der Waals surface area contributed by atoms with Gasteiger partial charge in [0.1, 0.15) is 11.6 Å². The van der Waals surface area contributed by atoms with E-state index in [1.807, 2.05) is 26.2 Å². The number of aromatic hydroxyl groups is 1. The maximum Gasteiger partial charge on any atom is 0.123 e. The second-order valence-corrected chi connectivity index (χ2v) is 5.38. The van der Waals surface area contributed by atoms with Gasteiger partial charge in [-0.15, -0.1) is 0 Å². The van der Waals surface area contributed by atoms with Crippen molar-refractivity contribution < 1.29 is 9.50 Å². The molecule has 0 saturated carbocycles. The quantitative estimate of drug-likeness (QED) is 0.858. The average Bonchev–Trinajstić information content (AvgIpc) is 2.44. The molecule has 4 heteroatoms. The monoisotopic (exact) mass is 288 g/mol. The van der Waals surface area contributed by atoms with Crippen molar-refractivity contribution in [2.24, 2.45) is 0 Å². The maximum absolute atomic E-state index is 13.2. The van der Waals surface area contributed by atoms with Crippen LogP contribution < -0.4 is 5.32 Å². The standard InChI is InChI=1S/C17H21FN2O/c1-20(2)12-14-6-4-3-5-13(14)10-19-11-15-9-16(18)7-8-17(15)21/h3-9,19,21H,10-12H2,1-2H3. The van der Waals surface area contributed by atoms with Crippen molar-refractivity contribution in [3.8, 4) is 5.75 Å². The van der Waals surface area contributed by atoms with Gasteiger partial charge in [0.05, 0.1) is 0 Å². The predicted octanol–water partition coefficient (Wildman–Crippen LogP) is 2.88. The fraction of sp³-hybridized carbons (Fsp3) is 0.294. The van der Waals surface area contributed by atoms with Crippen LogP contribution in [0.5, 0.6) is 5.75 Å². The zero-order chi connectivity index (χ0) is 15.2. The summed E-state index contributed by atoms with van der Waals surface area (Å²) in [5, 5.41) is 12.9. The molecule has 2 N–H and O–H groups in total. The van der Waals surface area contributed by atoms with E-state index in [2.05, 4.69) is 22.3 Å². The van der Waals surface area contributed by atoms with E-state index in [1.54, 1.807) is 0 Å². The number of rotatable bonds is 6. The van der Waals surface area contributed by atoms with Crippen molar-refractivity contribution >= 4 is 0 Å². The summed E-state index contributed by atoms with van der Waals surface area (Å²) in [5.41, 5.74) is 3.04. The van der Waals surface area contributed by atoms with Crippen LogP contribution in [0, 0.1) is 5.82 Å². The van der Waals surface area contributed by atoms with Crippen LogP contribution in [-0.4, -0.2) is 24.1 Å². The summed E-state index contributed by atoms with van der Waals surface area (Å²) in [6, 6.07) is 12.2. The van der Waals surface area contributed by atoms with Gasteiger partial charge in [-0.2, -0.15) is 0 Å². The van der Waals surface area contributed by atoms with Crippen LogP contribution in [0.4, 0.5) is 4.39 Å². The average molecular weight is 288 g/mol. The van der Waals surface area contributed by atoms with Crippen molar-refractivity contribution in [2.45, 2.75) is 19.6 Å². The number of halogens is 1. The van der Waals surface area contributed by atoms with Gasteiger partial charge in [0.25, 0.3) is 0 Å². The number of benzene rings is 2. The van der Waals surface area contributed by atoms with Gasteiger partial charge < -0.3 is 15.3 Å². The second-order valence-electron chi connectivity index (χ2n) is 5.38. The van der Waals surface area contributed by atoms with E-state index in [0.29, 0.717) is 18.7 Å². The Labute approximate surface area is 125 Å². The Morgan fingerprint density at radius 2 is 1.67 bits per heavy atom. The molecule has 0 heterocycles. The van der Waals surface area contributed by atoms with Crippen molar-refractivity contribution in [3.05, 3.63) is 65.0 Å². The zero-order valence-electron chi connectivity index (χ0n) is 12.4. The molecule has 3 nitrogen and oxygen atoms in total. The lowest BCUT2D eigenvalue weighted by atomic mass is 10.1. The van der Waals surface area contributed by atoms with Crippen LogP contribution in [-0.2, 0) is 19.6 Å². The Hall–Kier alpha value is -1.91. The predicted molar refractivity (Wildman–Crippen MR) is 82.4 cm³/mol. The Morgan fingerprint density at radius 3 is 2.38 bits per heavy atom. The summed E-state index contributed by atoms with van der Waals surface area (Å²) in [6.07, 6.45) is 0. The van der Waals surface area contributed by atoms with E-state index in [9.17, 15) is 9.50 Å². The molecule has 0 amide bonds. The van der Waals surface area contributed by atoms with Crippen LogP contribution in [0.25, 0.3) is 0 Å². The molecule has 0 unspecified atom stereocenters. The van der Waals surface area contributed by atoms with Gasteiger partial charge in [-0.3, -0.25) is 0 Å². The first-order valence-corrected chi connectivity index (χ1v) is 6.96.